The Hall–Kier alpha value is -3.54. The number of carbonyl (C=O) groups is 4. The van der Waals surface area contributed by atoms with Gasteiger partial charge in [0.1, 0.15) is 17.7 Å². The van der Waals surface area contributed by atoms with Crippen LogP contribution in [0.3, 0.4) is 0 Å². The predicted molar refractivity (Wildman–Crippen MR) is 169 cm³/mol. The van der Waals surface area contributed by atoms with E-state index in [4.69, 9.17) is 16.9 Å². The van der Waals surface area contributed by atoms with Crippen molar-refractivity contribution in [3.05, 3.63) is 35.4 Å². The Morgan fingerprint density at radius 2 is 1.65 bits per heavy atom. The zero-order chi connectivity index (χ0) is 31.8. The molecule has 1 aromatic carbocycles. The largest absolute Gasteiger partial charge is 0.444 e. The summed E-state index contributed by atoms with van der Waals surface area (Å²) in [5, 5.41) is 5.86. The third-order valence-corrected chi connectivity index (χ3v) is 7.61. The maximum absolute atomic E-state index is 14.3. The van der Waals surface area contributed by atoms with E-state index in [0.29, 0.717) is 24.1 Å². The molecule has 0 bridgehead atoms. The van der Waals surface area contributed by atoms with Crippen molar-refractivity contribution in [1.82, 2.24) is 15.5 Å². The van der Waals surface area contributed by atoms with Crippen LogP contribution >= 0.6 is 0 Å². The Labute approximate surface area is 258 Å². The summed E-state index contributed by atoms with van der Waals surface area (Å²) < 4.78 is 5.42. The van der Waals surface area contributed by atoms with Crippen molar-refractivity contribution in [2.75, 3.05) is 6.54 Å². The van der Waals surface area contributed by atoms with E-state index >= 15 is 0 Å². The topological polar surface area (TPSA) is 131 Å². The number of amides is 4. The van der Waals surface area contributed by atoms with Gasteiger partial charge in [0.05, 0.1) is 0 Å². The molecule has 0 radical (unpaired) electrons. The molecule has 2 unspecified atom stereocenters. The van der Waals surface area contributed by atoms with Crippen LogP contribution in [0.15, 0.2) is 24.3 Å². The lowest BCUT2D eigenvalue weighted by Crippen LogP contribution is -2.54. The Balaban J connectivity index is 2.47. The SMILES string of the molecule is C#Cc1ccc(C(C(=O)NC2CCCCC2)N(CCCCCCCC)C(=O)C(CCC(N)=O)NC(=O)OC(C)(C)C)cc1. The molecule has 2 rings (SSSR count). The molecule has 0 saturated heterocycles. The second-order valence-corrected chi connectivity index (χ2v) is 12.5. The number of nitrogens with zero attached hydrogens (tertiary/aromatic N) is 1. The summed E-state index contributed by atoms with van der Waals surface area (Å²) in [6.07, 6.45) is 15.6. The van der Waals surface area contributed by atoms with Crippen molar-refractivity contribution in [1.29, 1.82) is 0 Å². The minimum Gasteiger partial charge on any atom is -0.444 e. The molecule has 9 nitrogen and oxygen atoms in total. The van der Waals surface area contributed by atoms with Gasteiger partial charge in [-0.1, -0.05) is 76.3 Å². The number of alkyl carbamates (subject to hydrolysis) is 1. The average Bonchev–Trinajstić information content (AvgIpc) is 2.95. The van der Waals surface area contributed by atoms with Crippen LogP contribution in [0.2, 0.25) is 0 Å². The van der Waals surface area contributed by atoms with Crippen LogP contribution in [0.4, 0.5) is 4.79 Å². The van der Waals surface area contributed by atoms with Crippen molar-refractivity contribution < 1.29 is 23.9 Å². The van der Waals surface area contributed by atoms with Gasteiger partial charge in [0, 0.05) is 24.6 Å². The highest BCUT2D eigenvalue weighted by atomic mass is 16.6. The van der Waals surface area contributed by atoms with Crippen LogP contribution in [-0.2, 0) is 19.1 Å². The predicted octanol–water partition coefficient (Wildman–Crippen LogP) is 5.51. The van der Waals surface area contributed by atoms with Crippen LogP contribution in [-0.4, -0.2) is 52.9 Å². The summed E-state index contributed by atoms with van der Waals surface area (Å²) in [7, 11) is 0. The molecule has 4 N–H and O–H groups in total. The summed E-state index contributed by atoms with van der Waals surface area (Å²) in [5.74, 6) is 1.26. The van der Waals surface area contributed by atoms with Crippen LogP contribution < -0.4 is 16.4 Å². The highest BCUT2D eigenvalue weighted by Gasteiger charge is 2.37. The van der Waals surface area contributed by atoms with Gasteiger partial charge in [0.2, 0.25) is 17.7 Å². The summed E-state index contributed by atoms with van der Waals surface area (Å²) in [6.45, 7) is 7.63. The van der Waals surface area contributed by atoms with Gasteiger partial charge >= 0.3 is 6.09 Å². The molecular formula is C34H52N4O5. The second-order valence-electron chi connectivity index (χ2n) is 12.5. The fourth-order valence-corrected chi connectivity index (χ4v) is 5.38. The Bertz CT molecular complexity index is 1080. The van der Waals surface area contributed by atoms with Crippen LogP contribution in [0.5, 0.6) is 0 Å². The molecule has 43 heavy (non-hydrogen) atoms. The van der Waals surface area contributed by atoms with Gasteiger partial charge in [0.25, 0.3) is 0 Å². The number of benzene rings is 1. The molecule has 1 saturated carbocycles. The third kappa shape index (κ3) is 13.1. The number of primary amides is 1. The first-order valence-electron chi connectivity index (χ1n) is 15.9. The number of rotatable bonds is 16. The van der Waals surface area contributed by atoms with Crippen LogP contribution in [0.25, 0.3) is 0 Å². The van der Waals surface area contributed by atoms with E-state index in [9.17, 15) is 19.2 Å². The van der Waals surface area contributed by atoms with Crippen molar-refractivity contribution in [3.8, 4) is 12.3 Å². The van der Waals surface area contributed by atoms with Gasteiger partial charge < -0.3 is 26.0 Å². The number of nitrogens with two attached hydrogens (primary N) is 1. The molecule has 1 aliphatic carbocycles. The van der Waals surface area contributed by atoms with Gasteiger partial charge in [-0.3, -0.25) is 14.4 Å². The van der Waals surface area contributed by atoms with Gasteiger partial charge in [-0.05, 0) is 64.2 Å². The molecule has 1 aliphatic rings. The summed E-state index contributed by atoms with van der Waals surface area (Å²) >= 11 is 0. The molecule has 0 aliphatic heterocycles. The van der Waals surface area contributed by atoms with E-state index in [1.807, 2.05) is 0 Å². The number of unbranched alkanes of at least 4 members (excludes halogenated alkanes) is 5. The minimum atomic E-state index is -1.11. The number of ether oxygens (including phenoxy) is 1. The van der Waals surface area contributed by atoms with E-state index in [1.54, 1.807) is 49.9 Å². The fourth-order valence-electron chi connectivity index (χ4n) is 5.38. The van der Waals surface area contributed by atoms with Crippen molar-refractivity contribution in [2.24, 2.45) is 5.73 Å². The lowest BCUT2D eigenvalue weighted by atomic mass is 9.94. The Morgan fingerprint density at radius 3 is 2.23 bits per heavy atom. The summed E-state index contributed by atoms with van der Waals surface area (Å²) in [5.41, 5.74) is 5.92. The van der Waals surface area contributed by atoms with E-state index < -0.39 is 35.6 Å². The lowest BCUT2D eigenvalue weighted by molar-refractivity contribution is -0.143. The first-order valence-corrected chi connectivity index (χ1v) is 15.9. The Kier molecular flexibility index (Phi) is 15.1. The highest BCUT2D eigenvalue weighted by molar-refractivity contribution is 5.92. The molecular weight excluding hydrogens is 544 g/mol. The van der Waals surface area contributed by atoms with Crippen molar-refractivity contribution in [3.63, 3.8) is 0 Å². The Morgan fingerprint density at radius 1 is 1.02 bits per heavy atom. The smallest absolute Gasteiger partial charge is 0.408 e. The molecule has 0 aromatic heterocycles. The van der Waals surface area contributed by atoms with Gasteiger partial charge in [-0.25, -0.2) is 4.79 Å². The molecule has 0 spiro atoms. The first-order chi connectivity index (χ1) is 20.4. The molecule has 0 heterocycles. The summed E-state index contributed by atoms with van der Waals surface area (Å²) in [6, 6.07) is 5.04. The zero-order valence-corrected chi connectivity index (χ0v) is 26.6. The highest BCUT2D eigenvalue weighted by Crippen LogP contribution is 2.27. The molecule has 4 amide bonds. The molecule has 1 fully saturated rings. The van der Waals surface area contributed by atoms with Gasteiger partial charge in [-0.2, -0.15) is 0 Å². The van der Waals surface area contributed by atoms with Crippen LogP contribution in [0, 0.1) is 12.3 Å². The second kappa shape index (κ2) is 18.2. The van der Waals surface area contributed by atoms with Crippen molar-refractivity contribution in [2.45, 2.75) is 135 Å². The number of hydrogen-bond donors (Lipinski definition) is 3. The quantitative estimate of drug-likeness (QED) is 0.171. The minimum absolute atomic E-state index is 0.0204. The van der Waals surface area contributed by atoms with E-state index in [1.165, 1.54) is 0 Å². The van der Waals surface area contributed by atoms with Gasteiger partial charge in [-0.15, -0.1) is 6.42 Å². The lowest BCUT2D eigenvalue weighted by Gasteiger charge is -2.36. The number of carbonyl (C=O) groups excluding carboxylic acids is 4. The summed E-state index contributed by atoms with van der Waals surface area (Å²) in [4.78, 5) is 54.5. The fraction of sp³-hybridized carbons (Fsp3) is 0.647. The van der Waals surface area contributed by atoms with E-state index in [2.05, 4.69) is 23.5 Å². The monoisotopic (exact) mass is 596 g/mol. The van der Waals surface area contributed by atoms with E-state index in [-0.39, 0.29) is 24.8 Å². The molecule has 2 atom stereocenters. The number of nitrogens with one attached hydrogen (secondary N) is 2. The third-order valence-electron chi connectivity index (χ3n) is 7.61. The maximum atomic E-state index is 14.3. The zero-order valence-electron chi connectivity index (χ0n) is 26.6. The first kappa shape index (κ1) is 35.7. The number of hydrogen-bond acceptors (Lipinski definition) is 5. The maximum Gasteiger partial charge on any atom is 0.408 e. The average molecular weight is 597 g/mol. The number of terminal acetylenes is 1. The molecule has 238 valence electrons. The molecule has 1 aromatic rings. The van der Waals surface area contributed by atoms with Crippen LogP contribution in [0.1, 0.15) is 128 Å². The molecule has 9 heteroatoms. The normalized spacial score (nSPS) is 15.0. The van der Waals surface area contributed by atoms with E-state index in [0.717, 1.165) is 64.2 Å². The van der Waals surface area contributed by atoms with Crippen molar-refractivity contribution >= 4 is 23.8 Å². The standard InChI is InChI=1S/C34H52N4O5/c1-6-8-9-10-11-15-24-38(32(41)28(22-23-29(35)39)37-33(42)43-34(3,4)5)30(26-20-18-25(7-2)19-21-26)31(40)36-27-16-13-12-14-17-27/h2,18-21,27-28,30H,6,8-17,22-24H2,1,3-5H3,(H2,35,39)(H,36,40)(H,37,42). The van der Waals surface area contributed by atoms with Gasteiger partial charge in [0.15, 0.2) is 0 Å².